The number of hydrogen-bond acceptors (Lipinski definition) is 5. The minimum Gasteiger partial charge on any atom is -0.368 e. The van der Waals surface area contributed by atoms with Gasteiger partial charge in [0.15, 0.2) is 0 Å². The number of hydrogen-bond donors (Lipinski definition) is 0. The first-order valence-corrected chi connectivity index (χ1v) is 11.5. The molecule has 1 aromatic carbocycles. The predicted octanol–water partition coefficient (Wildman–Crippen LogP) is 4.28. The van der Waals surface area contributed by atoms with Crippen LogP contribution in [0.1, 0.15) is 39.1 Å². The average Bonchev–Trinajstić information content (AvgIpc) is 3.10. The van der Waals surface area contributed by atoms with E-state index in [0.29, 0.717) is 37.8 Å². The van der Waals surface area contributed by atoms with Gasteiger partial charge in [0.2, 0.25) is 5.91 Å². The zero-order valence-electron chi connectivity index (χ0n) is 20.3. The molecule has 2 aliphatic rings. The summed E-state index contributed by atoms with van der Waals surface area (Å²) in [5.74, 6) is 0.608. The summed E-state index contributed by atoms with van der Waals surface area (Å²) in [6.07, 6.45) is 2.23. The maximum Gasteiger partial charge on any atom is 0.295 e. The minimum absolute atomic E-state index is 0.0124. The molecule has 2 aromatic rings. The molecule has 2 fully saturated rings. The maximum atomic E-state index is 13.2. The number of allylic oxidation sites excluding steroid dienone is 2. The standard InChI is InChI=1S/C25H33N5O3/c1-16(2)13-20-23(25(20,5)6)24(31)28-11-9-27(10-12-28)19-7-8-21(30(32)33)22(15-19)29-18(4)14-17(3)26-29/h7-8,13-15,20,23H,9-12H2,1-6H3/t20-,23-/m1/s1. The Hall–Kier alpha value is -3.16. The lowest BCUT2D eigenvalue weighted by Gasteiger charge is -2.36. The molecule has 1 aliphatic heterocycles. The molecule has 0 N–H and O–H groups in total. The third kappa shape index (κ3) is 4.26. The van der Waals surface area contributed by atoms with Crippen molar-refractivity contribution >= 4 is 17.3 Å². The third-order valence-electron chi connectivity index (χ3n) is 7.04. The van der Waals surface area contributed by atoms with E-state index in [2.05, 4.69) is 43.8 Å². The van der Waals surface area contributed by atoms with Crippen molar-refractivity contribution in [3.05, 3.63) is 57.4 Å². The van der Waals surface area contributed by atoms with E-state index in [1.165, 1.54) is 5.57 Å². The second-order valence-corrected chi connectivity index (χ2v) is 10.2. The Morgan fingerprint density at radius 3 is 2.36 bits per heavy atom. The largest absolute Gasteiger partial charge is 0.368 e. The van der Waals surface area contributed by atoms with Gasteiger partial charge in [-0.25, -0.2) is 4.68 Å². The van der Waals surface area contributed by atoms with Gasteiger partial charge in [-0.2, -0.15) is 5.10 Å². The Labute approximate surface area is 195 Å². The molecule has 2 heterocycles. The van der Waals surface area contributed by atoms with Crippen molar-refractivity contribution in [2.45, 2.75) is 41.5 Å². The van der Waals surface area contributed by atoms with Crippen molar-refractivity contribution in [2.24, 2.45) is 17.3 Å². The third-order valence-corrected chi connectivity index (χ3v) is 7.04. The quantitative estimate of drug-likeness (QED) is 0.385. The van der Waals surface area contributed by atoms with Gasteiger partial charge in [0.05, 0.1) is 16.5 Å². The molecule has 176 valence electrons. The van der Waals surface area contributed by atoms with E-state index in [-0.39, 0.29) is 27.9 Å². The van der Waals surface area contributed by atoms with Gasteiger partial charge in [0.25, 0.3) is 5.69 Å². The van der Waals surface area contributed by atoms with Gasteiger partial charge in [-0.3, -0.25) is 14.9 Å². The number of amides is 1. The van der Waals surface area contributed by atoms with Crippen molar-refractivity contribution in [3.8, 4) is 5.69 Å². The van der Waals surface area contributed by atoms with Crippen LogP contribution in [0.4, 0.5) is 11.4 Å². The highest BCUT2D eigenvalue weighted by Crippen LogP contribution is 2.60. The van der Waals surface area contributed by atoms with Crippen LogP contribution in [0.2, 0.25) is 0 Å². The second kappa shape index (κ2) is 8.32. The van der Waals surface area contributed by atoms with E-state index in [1.54, 1.807) is 16.8 Å². The minimum atomic E-state index is -0.369. The molecule has 0 bridgehead atoms. The van der Waals surface area contributed by atoms with Crippen LogP contribution in [0.25, 0.3) is 5.69 Å². The lowest BCUT2D eigenvalue weighted by molar-refractivity contribution is -0.384. The number of nitro groups is 1. The van der Waals surface area contributed by atoms with Crippen LogP contribution in [0, 0.1) is 41.2 Å². The molecule has 0 unspecified atom stereocenters. The number of nitro benzene ring substituents is 1. The Kier molecular flexibility index (Phi) is 5.80. The van der Waals surface area contributed by atoms with Gasteiger partial charge < -0.3 is 9.80 Å². The number of anilines is 1. The van der Waals surface area contributed by atoms with E-state index in [9.17, 15) is 14.9 Å². The molecule has 8 heteroatoms. The summed E-state index contributed by atoms with van der Waals surface area (Å²) >= 11 is 0. The predicted molar refractivity (Wildman–Crippen MR) is 129 cm³/mol. The first kappa shape index (κ1) is 23.0. The summed E-state index contributed by atoms with van der Waals surface area (Å²) in [6, 6.07) is 7.08. The average molecular weight is 452 g/mol. The highest BCUT2D eigenvalue weighted by molar-refractivity contribution is 5.84. The van der Waals surface area contributed by atoms with E-state index >= 15 is 0 Å². The van der Waals surface area contributed by atoms with E-state index < -0.39 is 0 Å². The number of aryl methyl sites for hydroxylation is 2. The molecule has 4 rings (SSSR count). The number of aromatic nitrogens is 2. The Morgan fingerprint density at radius 2 is 1.82 bits per heavy atom. The van der Waals surface area contributed by atoms with Crippen molar-refractivity contribution in [1.29, 1.82) is 0 Å². The van der Waals surface area contributed by atoms with Crippen LogP contribution in [-0.4, -0.2) is 51.7 Å². The number of rotatable bonds is 5. The Morgan fingerprint density at radius 1 is 1.15 bits per heavy atom. The van der Waals surface area contributed by atoms with Gasteiger partial charge in [0.1, 0.15) is 5.69 Å². The van der Waals surface area contributed by atoms with Crippen LogP contribution in [-0.2, 0) is 4.79 Å². The summed E-state index contributed by atoms with van der Waals surface area (Å²) in [4.78, 5) is 28.6. The molecular formula is C25H33N5O3. The molecule has 0 spiro atoms. The molecular weight excluding hydrogens is 418 g/mol. The van der Waals surface area contributed by atoms with Gasteiger partial charge >= 0.3 is 0 Å². The van der Waals surface area contributed by atoms with Crippen molar-refractivity contribution < 1.29 is 9.72 Å². The Bertz CT molecular complexity index is 1120. The topological polar surface area (TPSA) is 84.5 Å². The van der Waals surface area contributed by atoms with Gasteiger partial charge in [0, 0.05) is 43.6 Å². The number of carbonyl (C=O) groups excluding carboxylic acids is 1. The molecule has 1 saturated heterocycles. The van der Waals surface area contributed by atoms with Crippen LogP contribution in [0.3, 0.4) is 0 Å². The molecule has 1 aromatic heterocycles. The highest BCUT2D eigenvalue weighted by Gasteiger charge is 2.61. The molecule has 1 saturated carbocycles. The SMILES string of the molecule is CC(C)=C[C@@H]1[C@H](C(=O)N2CCN(c3ccc([N+](=O)[O-])c(-n4nc(C)cc4C)c3)CC2)C1(C)C. The van der Waals surface area contributed by atoms with Crippen LogP contribution < -0.4 is 4.90 Å². The molecule has 8 nitrogen and oxygen atoms in total. The lowest BCUT2D eigenvalue weighted by atomic mass is 10.1. The number of nitrogens with zero attached hydrogens (tertiary/aromatic N) is 5. The lowest BCUT2D eigenvalue weighted by Crippen LogP contribution is -2.49. The van der Waals surface area contributed by atoms with Gasteiger partial charge in [-0.15, -0.1) is 0 Å². The number of carbonyl (C=O) groups is 1. The van der Waals surface area contributed by atoms with E-state index in [0.717, 1.165) is 17.1 Å². The molecule has 1 amide bonds. The van der Waals surface area contributed by atoms with E-state index in [4.69, 9.17) is 0 Å². The molecule has 33 heavy (non-hydrogen) atoms. The zero-order valence-corrected chi connectivity index (χ0v) is 20.3. The monoisotopic (exact) mass is 451 g/mol. The number of piperazine rings is 1. The first-order valence-electron chi connectivity index (χ1n) is 11.5. The van der Waals surface area contributed by atoms with Crippen molar-refractivity contribution in [3.63, 3.8) is 0 Å². The van der Waals surface area contributed by atoms with E-state index in [1.807, 2.05) is 30.9 Å². The summed E-state index contributed by atoms with van der Waals surface area (Å²) in [5.41, 5.74) is 4.33. The maximum absolute atomic E-state index is 13.2. The fraction of sp³-hybridized carbons (Fsp3) is 0.520. The molecule has 1 aliphatic carbocycles. The Balaban J connectivity index is 1.50. The summed E-state index contributed by atoms with van der Waals surface area (Å²) in [7, 11) is 0. The normalized spacial score (nSPS) is 21.6. The summed E-state index contributed by atoms with van der Waals surface area (Å²) < 4.78 is 1.63. The molecule has 0 radical (unpaired) electrons. The smallest absolute Gasteiger partial charge is 0.295 e. The first-order chi connectivity index (χ1) is 15.5. The van der Waals surface area contributed by atoms with Crippen LogP contribution in [0.15, 0.2) is 35.9 Å². The van der Waals surface area contributed by atoms with Crippen molar-refractivity contribution in [2.75, 3.05) is 31.1 Å². The van der Waals surface area contributed by atoms with Gasteiger partial charge in [-0.1, -0.05) is 25.5 Å². The van der Waals surface area contributed by atoms with Crippen molar-refractivity contribution in [1.82, 2.24) is 14.7 Å². The second-order valence-electron chi connectivity index (χ2n) is 10.2. The fourth-order valence-corrected chi connectivity index (χ4v) is 5.11. The molecule has 2 atom stereocenters. The number of benzene rings is 1. The zero-order chi connectivity index (χ0) is 24.1. The van der Waals surface area contributed by atoms with Crippen LogP contribution >= 0.6 is 0 Å². The highest BCUT2D eigenvalue weighted by atomic mass is 16.6. The summed E-state index contributed by atoms with van der Waals surface area (Å²) in [5, 5.41) is 16.1. The summed E-state index contributed by atoms with van der Waals surface area (Å²) in [6.45, 7) is 15.0. The van der Waals surface area contributed by atoms with Gasteiger partial charge in [-0.05, 0) is 57.2 Å². The van der Waals surface area contributed by atoms with Crippen LogP contribution in [0.5, 0.6) is 0 Å². The fourth-order valence-electron chi connectivity index (χ4n) is 5.11.